The van der Waals surface area contributed by atoms with Crippen LogP contribution >= 0.6 is 0 Å². The van der Waals surface area contributed by atoms with E-state index in [1.54, 1.807) is 0 Å². The summed E-state index contributed by atoms with van der Waals surface area (Å²) in [5.74, 6) is 7.41. The topological polar surface area (TPSA) is 0 Å². The molecule has 2 rings (SSSR count). The van der Waals surface area contributed by atoms with Gasteiger partial charge in [0.25, 0.3) is 0 Å². The van der Waals surface area contributed by atoms with E-state index in [-0.39, 0.29) is 0 Å². The molecule has 0 heteroatoms. The Labute approximate surface area is 80.0 Å². The zero-order chi connectivity index (χ0) is 8.93. The molecule has 0 radical (unpaired) electrons. The summed E-state index contributed by atoms with van der Waals surface area (Å²) in [4.78, 5) is 0. The molecule has 0 nitrogen and oxygen atoms in total. The van der Waals surface area contributed by atoms with E-state index < -0.39 is 0 Å². The summed E-state index contributed by atoms with van der Waals surface area (Å²) >= 11 is 0. The summed E-state index contributed by atoms with van der Waals surface area (Å²) in [7, 11) is 0. The summed E-state index contributed by atoms with van der Waals surface area (Å²) in [5, 5.41) is 0. The fraction of sp³-hybridized carbons (Fsp3) is 0.385. The fourth-order valence-corrected chi connectivity index (χ4v) is 1.37. The Morgan fingerprint density at radius 1 is 1.15 bits per heavy atom. The zero-order valence-electron chi connectivity index (χ0n) is 7.79. The molecule has 1 aliphatic rings. The maximum absolute atomic E-state index is 3.22. The van der Waals surface area contributed by atoms with Crippen molar-refractivity contribution < 1.29 is 0 Å². The third-order valence-corrected chi connectivity index (χ3v) is 2.38. The fourth-order valence-electron chi connectivity index (χ4n) is 1.37. The van der Waals surface area contributed by atoms with Crippen LogP contribution in [0, 0.1) is 17.8 Å². The van der Waals surface area contributed by atoms with E-state index in [9.17, 15) is 0 Å². The summed E-state index contributed by atoms with van der Waals surface area (Å²) < 4.78 is 0. The summed E-state index contributed by atoms with van der Waals surface area (Å²) in [5.41, 5.74) is 1.14. The molecule has 0 bridgehead atoms. The van der Waals surface area contributed by atoms with Crippen LogP contribution in [0.2, 0.25) is 0 Å². The molecule has 66 valence electrons. The van der Waals surface area contributed by atoms with E-state index in [0.29, 0.717) is 0 Å². The van der Waals surface area contributed by atoms with Crippen LogP contribution in [0.25, 0.3) is 0 Å². The lowest BCUT2D eigenvalue weighted by Crippen LogP contribution is -1.74. The Balaban J connectivity index is 1.81. The minimum atomic E-state index is 1.00. The highest BCUT2D eigenvalue weighted by molar-refractivity contribution is 5.33. The second-order valence-corrected chi connectivity index (χ2v) is 3.65. The number of hydrogen-bond donors (Lipinski definition) is 0. The van der Waals surface area contributed by atoms with E-state index in [0.717, 1.165) is 17.9 Å². The maximum Gasteiger partial charge on any atom is 0.0245 e. The van der Waals surface area contributed by atoms with E-state index in [1.165, 1.54) is 19.3 Å². The predicted molar refractivity (Wildman–Crippen MR) is 55.3 cm³/mol. The Kier molecular flexibility index (Phi) is 2.67. The normalized spacial score (nSPS) is 14.8. The molecule has 1 aliphatic carbocycles. The van der Waals surface area contributed by atoms with Crippen molar-refractivity contribution in [1.82, 2.24) is 0 Å². The van der Waals surface area contributed by atoms with Gasteiger partial charge in [-0.2, -0.15) is 0 Å². The van der Waals surface area contributed by atoms with Crippen molar-refractivity contribution in [3.63, 3.8) is 0 Å². The SMILES string of the molecule is C(#Cc1ccccc1)CCC1CC1. The van der Waals surface area contributed by atoms with Gasteiger partial charge in [-0.05, 0) is 24.5 Å². The van der Waals surface area contributed by atoms with Gasteiger partial charge in [-0.3, -0.25) is 0 Å². The van der Waals surface area contributed by atoms with Gasteiger partial charge in [-0.25, -0.2) is 0 Å². The van der Waals surface area contributed by atoms with Crippen molar-refractivity contribution in [2.75, 3.05) is 0 Å². The quantitative estimate of drug-likeness (QED) is 0.598. The second-order valence-electron chi connectivity index (χ2n) is 3.65. The van der Waals surface area contributed by atoms with Crippen molar-refractivity contribution in [2.24, 2.45) is 5.92 Å². The number of benzene rings is 1. The van der Waals surface area contributed by atoms with E-state index in [2.05, 4.69) is 24.0 Å². The number of hydrogen-bond acceptors (Lipinski definition) is 0. The first kappa shape index (κ1) is 8.38. The Morgan fingerprint density at radius 2 is 1.92 bits per heavy atom. The van der Waals surface area contributed by atoms with Gasteiger partial charge in [0.1, 0.15) is 0 Å². The van der Waals surface area contributed by atoms with E-state index >= 15 is 0 Å². The Bertz CT molecular complexity index is 309. The van der Waals surface area contributed by atoms with Crippen LogP contribution in [0.15, 0.2) is 30.3 Å². The summed E-state index contributed by atoms with van der Waals surface area (Å²) in [6.07, 6.45) is 5.25. The lowest BCUT2D eigenvalue weighted by atomic mass is 10.2. The average molecular weight is 170 g/mol. The zero-order valence-corrected chi connectivity index (χ0v) is 7.79. The molecule has 13 heavy (non-hydrogen) atoms. The smallest absolute Gasteiger partial charge is 0.0245 e. The summed E-state index contributed by atoms with van der Waals surface area (Å²) in [6.45, 7) is 0. The molecule has 0 saturated heterocycles. The van der Waals surface area contributed by atoms with Crippen LogP contribution in [-0.2, 0) is 0 Å². The molecule has 0 amide bonds. The van der Waals surface area contributed by atoms with Crippen molar-refractivity contribution in [1.29, 1.82) is 0 Å². The minimum absolute atomic E-state index is 1.00. The first-order valence-electron chi connectivity index (χ1n) is 4.99. The molecule has 0 N–H and O–H groups in total. The largest absolute Gasteiger partial charge is 0.0979 e. The molecule has 0 atom stereocenters. The van der Waals surface area contributed by atoms with Crippen molar-refractivity contribution in [2.45, 2.75) is 25.7 Å². The van der Waals surface area contributed by atoms with Gasteiger partial charge in [0, 0.05) is 12.0 Å². The van der Waals surface area contributed by atoms with Crippen molar-refractivity contribution in [3.8, 4) is 11.8 Å². The predicted octanol–water partition coefficient (Wildman–Crippen LogP) is 3.23. The van der Waals surface area contributed by atoms with Crippen LogP contribution in [0.5, 0.6) is 0 Å². The number of rotatable bonds is 2. The molecule has 1 fully saturated rings. The van der Waals surface area contributed by atoms with Crippen molar-refractivity contribution in [3.05, 3.63) is 35.9 Å². The molecule has 0 spiro atoms. The molecule has 0 aliphatic heterocycles. The molecule has 0 aromatic heterocycles. The van der Waals surface area contributed by atoms with Crippen LogP contribution in [-0.4, -0.2) is 0 Å². The van der Waals surface area contributed by atoms with Gasteiger partial charge >= 0.3 is 0 Å². The highest BCUT2D eigenvalue weighted by atomic mass is 14.2. The lowest BCUT2D eigenvalue weighted by Gasteiger charge is -1.88. The van der Waals surface area contributed by atoms with Gasteiger partial charge in [-0.1, -0.05) is 42.9 Å². The van der Waals surface area contributed by atoms with E-state index in [4.69, 9.17) is 0 Å². The minimum Gasteiger partial charge on any atom is -0.0979 e. The maximum atomic E-state index is 3.22. The molecular weight excluding hydrogens is 156 g/mol. The first-order chi connectivity index (χ1) is 6.45. The standard InChI is InChI=1S/C13H14/c1-2-6-12(7-3-1)8-4-5-9-13-10-11-13/h1-3,6-7,13H,5,9-11H2. The third kappa shape index (κ3) is 2.95. The first-order valence-corrected chi connectivity index (χ1v) is 4.99. The van der Waals surface area contributed by atoms with E-state index in [1.807, 2.05) is 18.2 Å². The summed E-state index contributed by atoms with van der Waals surface area (Å²) in [6, 6.07) is 10.2. The third-order valence-electron chi connectivity index (χ3n) is 2.38. The van der Waals surface area contributed by atoms with Gasteiger partial charge in [-0.15, -0.1) is 0 Å². The second kappa shape index (κ2) is 4.14. The highest BCUT2D eigenvalue weighted by Gasteiger charge is 2.19. The molecule has 1 aromatic rings. The lowest BCUT2D eigenvalue weighted by molar-refractivity contribution is 0.752. The highest BCUT2D eigenvalue weighted by Crippen LogP contribution is 2.33. The van der Waals surface area contributed by atoms with Gasteiger partial charge in [0.05, 0.1) is 0 Å². The molecule has 1 aromatic carbocycles. The molecular formula is C13H14. The van der Waals surface area contributed by atoms with Gasteiger partial charge in [0.2, 0.25) is 0 Å². The van der Waals surface area contributed by atoms with Gasteiger partial charge < -0.3 is 0 Å². The molecule has 1 saturated carbocycles. The van der Waals surface area contributed by atoms with Crippen LogP contribution in [0.3, 0.4) is 0 Å². The van der Waals surface area contributed by atoms with Crippen LogP contribution in [0.1, 0.15) is 31.2 Å². The van der Waals surface area contributed by atoms with Gasteiger partial charge in [0.15, 0.2) is 0 Å². The van der Waals surface area contributed by atoms with Crippen LogP contribution in [0.4, 0.5) is 0 Å². The molecule has 0 heterocycles. The van der Waals surface area contributed by atoms with Crippen molar-refractivity contribution >= 4 is 0 Å². The Hall–Kier alpha value is -1.22. The molecule has 0 unspecified atom stereocenters. The monoisotopic (exact) mass is 170 g/mol. The Morgan fingerprint density at radius 3 is 2.62 bits per heavy atom. The average Bonchev–Trinajstić information content (AvgIpc) is 2.98. The van der Waals surface area contributed by atoms with Crippen LogP contribution < -0.4 is 0 Å².